The first-order valence-electron chi connectivity index (χ1n) is 7.38. The summed E-state index contributed by atoms with van der Waals surface area (Å²) in [6.45, 7) is 3.15. The molecule has 0 saturated heterocycles. The lowest BCUT2D eigenvalue weighted by Gasteiger charge is -2.28. The summed E-state index contributed by atoms with van der Waals surface area (Å²) in [4.78, 5) is 4.38. The van der Waals surface area contributed by atoms with E-state index >= 15 is 0 Å². The summed E-state index contributed by atoms with van der Waals surface area (Å²) in [5.41, 5.74) is 1.73. The van der Waals surface area contributed by atoms with Gasteiger partial charge in [-0.05, 0) is 24.9 Å². The second-order valence-electron chi connectivity index (χ2n) is 5.64. The number of hydrogen-bond donors (Lipinski definition) is 1. The molecule has 1 aromatic heterocycles. The van der Waals surface area contributed by atoms with Crippen molar-refractivity contribution in [3.8, 4) is 0 Å². The van der Waals surface area contributed by atoms with Crippen LogP contribution >= 0.6 is 0 Å². The standard InChI is InChI=1S/C16H22N4/c1-3-17-14(11-15-18-12-19-20(15)2)16(9-10-16)13-7-5-4-6-8-13/h4-8,12,14,17H,3,9-11H2,1-2H3. The van der Waals surface area contributed by atoms with Crippen LogP contribution in [0, 0.1) is 0 Å². The Morgan fingerprint density at radius 3 is 2.60 bits per heavy atom. The predicted molar refractivity (Wildman–Crippen MR) is 79.5 cm³/mol. The summed E-state index contributed by atoms with van der Waals surface area (Å²) in [7, 11) is 1.97. The molecule has 106 valence electrons. The van der Waals surface area contributed by atoms with Crippen molar-refractivity contribution in [2.45, 2.75) is 37.6 Å². The molecule has 1 aliphatic rings. The van der Waals surface area contributed by atoms with Crippen LogP contribution in [0.4, 0.5) is 0 Å². The highest BCUT2D eigenvalue weighted by molar-refractivity contribution is 5.34. The van der Waals surface area contributed by atoms with E-state index in [9.17, 15) is 0 Å². The highest BCUT2D eigenvalue weighted by Gasteiger charge is 2.50. The van der Waals surface area contributed by atoms with Crippen LogP contribution in [0.5, 0.6) is 0 Å². The molecule has 0 aliphatic heterocycles. The summed E-state index contributed by atoms with van der Waals surface area (Å²) in [6.07, 6.45) is 5.08. The van der Waals surface area contributed by atoms with Crippen molar-refractivity contribution in [2.75, 3.05) is 6.54 Å². The van der Waals surface area contributed by atoms with Crippen LogP contribution in [0.2, 0.25) is 0 Å². The second kappa shape index (κ2) is 5.37. The van der Waals surface area contributed by atoms with E-state index in [1.54, 1.807) is 6.33 Å². The van der Waals surface area contributed by atoms with Gasteiger partial charge in [0.15, 0.2) is 0 Å². The summed E-state index contributed by atoms with van der Waals surface area (Å²) in [5, 5.41) is 7.85. The summed E-state index contributed by atoms with van der Waals surface area (Å²) >= 11 is 0. The first kappa shape index (κ1) is 13.3. The van der Waals surface area contributed by atoms with Gasteiger partial charge in [0.2, 0.25) is 0 Å². The molecule has 0 spiro atoms. The Balaban J connectivity index is 1.85. The Morgan fingerprint density at radius 2 is 2.05 bits per heavy atom. The van der Waals surface area contributed by atoms with Gasteiger partial charge in [-0.1, -0.05) is 37.3 Å². The third-order valence-electron chi connectivity index (χ3n) is 4.45. The fourth-order valence-corrected chi connectivity index (χ4v) is 3.14. The molecule has 0 bridgehead atoms. The van der Waals surface area contributed by atoms with Gasteiger partial charge in [-0.25, -0.2) is 4.98 Å². The fourth-order valence-electron chi connectivity index (χ4n) is 3.14. The van der Waals surface area contributed by atoms with Crippen LogP contribution in [0.1, 0.15) is 31.2 Å². The van der Waals surface area contributed by atoms with Gasteiger partial charge in [0.1, 0.15) is 12.2 Å². The number of aromatic nitrogens is 3. The zero-order chi connectivity index (χ0) is 14.0. The minimum atomic E-state index is 0.281. The molecule has 1 fully saturated rings. The minimum absolute atomic E-state index is 0.281. The maximum absolute atomic E-state index is 4.38. The van der Waals surface area contributed by atoms with Gasteiger partial charge in [0, 0.05) is 24.9 Å². The molecule has 1 aliphatic carbocycles. The first-order chi connectivity index (χ1) is 9.76. The second-order valence-corrected chi connectivity index (χ2v) is 5.64. The number of nitrogens with zero attached hydrogens (tertiary/aromatic N) is 3. The van der Waals surface area contributed by atoms with Crippen LogP contribution in [-0.4, -0.2) is 27.4 Å². The molecule has 2 aromatic rings. The number of hydrogen-bond acceptors (Lipinski definition) is 3. The molecule has 0 amide bonds. The maximum atomic E-state index is 4.38. The van der Waals surface area contributed by atoms with Gasteiger partial charge in [0.25, 0.3) is 0 Å². The largest absolute Gasteiger partial charge is 0.313 e. The predicted octanol–water partition coefficient (Wildman–Crippen LogP) is 2.07. The number of likely N-dealkylation sites (N-methyl/N-ethyl adjacent to an activating group) is 1. The molecule has 20 heavy (non-hydrogen) atoms. The van der Waals surface area contributed by atoms with Crippen molar-refractivity contribution < 1.29 is 0 Å². The average Bonchev–Trinajstić information content (AvgIpc) is 3.19. The third-order valence-corrected chi connectivity index (χ3v) is 4.45. The van der Waals surface area contributed by atoms with Crippen LogP contribution in [0.25, 0.3) is 0 Å². The van der Waals surface area contributed by atoms with E-state index in [2.05, 4.69) is 52.7 Å². The zero-order valence-electron chi connectivity index (χ0n) is 12.2. The van der Waals surface area contributed by atoms with E-state index in [1.807, 2.05) is 11.7 Å². The molecule has 3 rings (SSSR count). The van der Waals surface area contributed by atoms with E-state index in [-0.39, 0.29) is 5.41 Å². The molecule has 0 radical (unpaired) electrons. The molecule has 1 heterocycles. The molecule has 4 heteroatoms. The van der Waals surface area contributed by atoms with E-state index in [1.165, 1.54) is 18.4 Å². The lowest BCUT2D eigenvalue weighted by atomic mass is 9.86. The van der Waals surface area contributed by atoms with Gasteiger partial charge < -0.3 is 5.32 Å². The number of rotatable bonds is 6. The molecular weight excluding hydrogens is 248 g/mol. The number of aryl methyl sites for hydroxylation is 1. The average molecular weight is 270 g/mol. The lowest BCUT2D eigenvalue weighted by Crippen LogP contribution is -2.42. The maximum Gasteiger partial charge on any atom is 0.138 e. The minimum Gasteiger partial charge on any atom is -0.313 e. The molecule has 1 N–H and O–H groups in total. The van der Waals surface area contributed by atoms with Crippen molar-refractivity contribution in [3.63, 3.8) is 0 Å². The first-order valence-corrected chi connectivity index (χ1v) is 7.38. The normalized spacial score (nSPS) is 17.9. The molecule has 1 aromatic carbocycles. The van der Waals surface area contributed by atoms with Crippen molar-refractivity contribution >= 4 is 0 Å². The molecule has 1 unspecified atom stereocenters. The molecule has 1 saturated carbocycles. The number of nitrogens with one attached hydrogen (secondary N) is 1. The summed E-state index contributed by atoms with van der Waals surface area (Å²) in [6, 6.07) is 11.3. The van der Waals surface area contributed by atoms with Gasteiger partial charge >= 0.3 is 0 Å². The van der Waals surface area contributed by atoms with E-state index in [4.69, 9.17) is 0 Å². The SMILES string of the molecule is CCNC(Cc1ncnn1C)C1(c2ccccc2)CC1. The lowest BCUT2D eigenvalue weighted by molar-refractivity contribution is 0.409. The Labute approximate surface area is 120 Å². The highest BCUT2D eigenvalue weighted by atomic mass is 15.3. The smallest absolute Gasteiger partial charge is 0.138 e. The molecular formula is C16H22N4. The van der Waals surface area contributed by atoms with Crippen molar-refractivity contribution in [1.82, 2.24) is 20.1 Å². The fraction of sp³-hybridized carbons (Fsp3) is 0.500. The highest BCUT2D eigenvalue weighted by Crippen LogP contribution is 2.51. The van der Waals surface area contributed by atoms with Gasteiger partial charge in [-0.3, -0.25) is 4.68 Å². The Bertz CT molecular complexity index is 557. The van der Waals surface area contributed by atoms with Crippen molar-refractivity contribution in [1.29, 1.82) is 0 Å². The van der Waals surface area contributed by atoms with Crippen LogP contribution < -0.4 is 5.32 Å². The zero-order valence-corrected chi connectivity index (χ0v) is 12.2. The van der Waals surface area contributed by atoms with Crippen molar-refractivity contribution in [3.05, 3.63) is 48.0 Å². The van der Waals surface area contributed by atoms with E-state index in [0.717, 1.165) is 18.8 Å². The van der Waals surface area contributed by atoms with Crippen molar-refractivity contribution in [2.24, 2.45) is 7.05 Å². The Kier molecular flexibility index (Phi) is 3.57. The van der Waals surface area contributed by atoms with E-state index < -0.39 is 0 Å². The van der Waals surface area contributed by atoms with Crippen LogP contribution in [0.15, 0.2) is 36.7 Å². The van der Waals surface area contributed by atoms with Gasteiger partial charge in [0.05, 0.1) is 0 Å². The van der Waals surface area contributed by atoms with Gasteiger partial charge in [-0.15, -0.1) is 0 Å². The third kappa shape index (κ3) is 2.36. The van der Waals surface area contributed by atoms with Gasteiger partial charge in [-0.2, -0.15) is 5.10 Å². The summed E-state index contributed by atoms with van der Waals surface area (Å²) in [5.74, 6) is 1.05. The summed E-state index contributed by atoms with van der Waals surface area (Å²) < 4.78 is 1.88. The topological polar surface area (TPSA) is 42.7 Å². The molecule has 1 atom stereocenters. The number of benzene rings is 1. The monoisotopic (exact) mass is 270 g/mol. The van der Waals surface area contributed by atoms with Crippen LogP contribution in [-0.2, 0) is 18.9 Å². The van der Waals surface area contributed by atoms with Crippen LogP contribution in [0.3, 0.4) is 0 Å². The quantitative estimate of drug-likeness (QED) is 0.874. The Morgan fingerprint density at radius 1 is 1.30 bits per heavy atom. The molecule has 4 nitrogen and oxygen atoms in total. The Hall–Kier alpha value is -1.68. The van der Waals surface area contributed by atoms with E-state index in [0.29, 0.717) is 6.04 Å².